The maximum atomic E-state index is 12.8. The van der Waals surface area contributed by atoms with Gasteiger partial charge in [-0.2, -0.15) is 0 Å². The van der Waals surface area contributed by atoms with Crippen LogP contribution in [0.4, 0.5) is 0 Å². The van der Waals surface area contributed by atoms with Gasteiger partial charge in [-0.3, -0.25) is 4.79 Å². The number of hydrogen-bond donors (Lipinski definition) is 2. The van der Waals surface area contributed by atoms with Crippen LogP contribution in [0.5, 0.6) is 11.5 Å². The molecule has 2 heterocycles. The average molecular weight is 432 g/mol. The Morgan fingerprint density at radius 3 is 2.68 bits per heavy atom. The lowest BCUT2D eigenvalue weighted by atomic mass is 9.91. The first-order chi connectivity index (χ1) is 14.6. The van der Waals surface area contributed by atoms with Crippen molar-refractivity contribution in [1.29, 1.82) is 0 Å². The summed E-state index contributed by atoms with van der Waals surface area (Å²) in [5, 5.41) is 13.0. The predicted octanol–water partition coefficient (Wildman–Crippen LogP) is 3.28. The molecule has 2 N–H and O–H groups in total. The fraction of sp³-hybridized carbons (Fsp3) is 0.583. The minimum atomic E-state index is -0.444. The summed E-state index contributed by atoms with van der Waals surface area (Å²) in [6.45, 7) is 9.66. The molecule has 1 atom stereocenters. The highest BCUT2D eigenvalue weighted by atomic mass is 16.5. The highest BCUT2D eigenvalue weighted by Gasteiger charge is 2.31. The van der Waals surface area contributed by atoms with Gasteiger partial charge < -0.3 is 24.3 Å². The number of aliphatic hydroxyl groups excluding tert-OH is 1. The van der Waals surface area contributed by atoms with Crippen LogP contribution in [-0.2, 0) is 17.6 Å². The number of aryl methyl sites for hydroxylation is 2. The van der Waals surface area contributed by atoms with Gasteiger partial charge in [0.1, 0.15) is 22.7 Å². The van der Waals surface area contributed by atoms with E-state index in [4.69, 9.17) is 13.9 Å². The zero-order valence-electron chi connectivity index (χ0n) is 19.3. The van der Waals surface area contributed by atoms with Gasteiger partial charge in [0.2, 0.25) is 5.91 Å². The van der Waals surface area contributed by atoms with Crippen molar-refractivity contribution in [3.05, 3.63) is 33.2 Å². The minimum absolute atomic E-state index is 0.115. The lowest BCUT2D eigenvalue weighted by Gasteiger charge is -2.33. The Kier molecular flexibility index (Phi) is 6.65. The zero-order valence-corrected chi connectivity index (χ0v) is 19.3. The number of carbonyl (C=O) groups excluding carboxylic acids is 1. The number of fused-ring (bicyclic) bond motifs is 3. The number of methoxy groups -OCH3 is 1. The van der Waals surface area contributed by atoms with E-state index in [0.717, 1.165) is 29.4 Å². The van der Waals surface area contributed by atoms with Gasteiger partial charge in [0.25, 0.3) is 0 Å². The minimum Gasteiger partial charge on any atom is -0.496 e. The van der Waals surface area contributed by atoms with Crippen molar-refractivity contribution >= 4 is 16.9 Å². The van der Waals surface area contributed by atoms with Crippen molar-refractivity contribution in [2.45, 2.75) is 71.9 Å². The van der Waals surface area contributed by atoms with Crippen molar-refractivity contribution in [2.24, 2.45) is 5.92 Å². The smallest absolute Gasteiger partial charge is 0.339 e. The monoisotopic (exact) mass is 431 g/mol. The molecule has 0 bridgehead atoms. The fourth-order valence-electron chi connectivity index (χ4n) is 4.07. The predicted molar refractivity (Wildman–Crippen MR) is 119 cm³/mol. The number of carbonyl (C=O) groups is 1. The van der Waals surface area contributed by atoms with Gasteiger partial charge in [-0.05, 0) is 51.5 Å². The van der Waals surface area contributed by atoms with E-state index in [1.165, 1.54) is 0 Å². The molecule has 1 aliphatic heterocycles. The molecule has 7 heteroatoms. The molecule has 7 nitrogen and oxygen atoms in total. The molecule has 0 aliphatic carbocycles. The lowest BCUT2D eigenvalue weighted by molar-refractivity contribution is -0.122. The third-order valence-electron chi connectivity index (χ3n) is 6.11. The molecule has 0 radical (unpaired) electrons. The fourth-order valence-corrected chi connectivity index (χ4v) is 4.07. The summed E-state index contributed by atoms with van der Waals surface area (Å²) in [5.41, 5.74) is 1.86. The number of rotatable bonds is 7. The van der Waals surface area contributed by atoms with Crippen LogP contribution in [-0.4, -0.2) is 36.4 Å². The van der Waals surface area contributed by atoms with Crippen molar-refractivity contribution in [2.75, 3.05) is 13.7 Å². The van der Waals surface area contributed by atoms with Crippen molar-refractivity contribution in [3.63, 3.8) is 0 Å². The molecular weight excluding hydrogens is 398 g/mol. The SMILES string of the molecule is COc1cc2c(c3oc(=O)c(CCC(=O)NC(CO)C(C)C)c(C)c13)CCC(C)(C)O2. The second kappa shape index (κ2) is 8.91. The van der Waals surface area contributed by atoms with Gasteiger partial charge in [0.15, 0.2) is 0 Å². The third-order valence-corrected chi connectivity index (χ3v) is 6.11. The second-order valence-corrected chi connectivity index (χ2v) is 9.22. The number of benzene rings is 1. The van der Waals surface area contributed by atoms with E-state index < -0.39 is 5.63 Å². The van der Waals surface area contributed by atoms with Gasteiger partial charge in [0.05, 0.1) is 25.1 Å². The molecule has 1 aromatic carbocycles. The highest BCUT2D eigenvalue weighted by molar-refractivity contribution is 5.92. The van der Waals surface area contributed by atoms with E-state index in [1.807, 2.05) is 40.7 Å². The number of aliphatic hydroxyl groups is 1. The summed E-state index contributed by atoms with van der Waals surface area (Å²) in [5.74, 6) is 1.17. The van der Waals surface area contributed by atoms with Crippen LogP contribution >= 0.6 is 0 Å². The number of amides is 1. The van der Waals surface area contributed by atoms with Gasteiger partial charge in [-0.25, -0.2) is 4.79 Å². The maximum absolute atomic E-state index is 12.8. The number of hydrogen-bond acceptors (Lipinski definition) is 6. The number of ether oxygens (including phenoxy) is 2. The van der Waals surface area contributed by atoms with Crippen LogP contribution in [0.2, 0.25) is 0 Å². The van der Waals surface area contributed by atoms with Crippen molar-refractivity contribution in [3.8, 4) is 11.5 Å². The van der Waals surface area contributed by atoms with E-state index in [-0.39, 0.29) is 42.9 Å². The van der Waals surface area contributed by atoms with Crippen LogP contribution in [0.25, 0.3) is 11.0 Å². The molecule has 1 amide bonds. The second-order valence-electron chi connectivity index (χ2n) is 9.22. The Hall–Kier alpha value is -2.54. The highest BCUT2D eigenvalue weighted by Crippen LogP contribution is 2.43. The molecular formula is C24H33NO6. The molecule has 1 aromatic heterocycles. The molecule has 0 fully saturated rings. The quantitative estimate of drug-likeness (QED) is 0.653. The molecule has 170 valence electrons. The first-order valence-corrected chi connectivity index (χ1v) is 10.8. The lowest BCUT2D eigenvalue weighted by Crippen LogP contribution is -2.41. The van der Waals surface area contributed by atoms with E-state index in [1.54, 1.807) is 7.11 Å². The van der Waals surface area contributed by atoms with Crippen LogP contribution in [0.3, 0.4) is 0 Å². The maximum Gasteiger partial charge on any atom is 0.339 e. The normalized spacial score (nSPS) is 16.0. The summed E-state index contributed by atoms with van der Waals surface area (Å²) in [6, 6.07) is 1.55. The summed E-state index contributed by atoms with van der Waals surface area (Å²) >= 11 is 0. The molecule has 3 rings (SSSR count). The third kappa shape index (κ3) is 4.71. The Labute approximate surface area is 182 Å². The van der Waals surface area contributed by atoms with Gasteiger partial charge >= 0.3 is 5.63 Å². The van der Waals surface area contributed by atoms with E-state index in [0.29, 0.717) is 22.6 Å². The molecule has 1 unspecified atom stereocenters. The summed E-state index contributed by atoms with van der Waals surface area (Å²) in [7, 11) is 1.58. The average Bonchev–Trinajstić information content (AvgIpc) is 2.69. The Morgan fingerprint density at radius 2 is 2.06 bits per heavy atom. The Bertz CT molecular complexity index is 1040. The summed E-state index contributed by atoms with van der Waals surface area (Å²) in [4.78, 5) is 25.2. The summed E-state index contributed by atoms with van der Waals surface area (Å²) < 4.78 is 17.5. The topological polar surface area (TPSA) is 98.0 Å². The van der Waals surface area contributed by atoms with Crippen molar-refractivity contribution < 1.29 is 23.8 Å². The first-order valence-electron chi connectivity index (χ1n) is 10.8. The Morgan fingerprint density at radius 1 is 1.35 bits per heavy atom. The molecule has 0 saturated carbocycles. The number of nitrogens with one attached hydrogen (secondary N) is 1. The van der Waals surface area contributed by atoms with E-state index in [2.05, 4.69) is 5.32 Å². The molecule has 1 aliphatic rings. The molecule has 2 aromatic rings. The van der Waals surface area contributed by atoms with Crippen LogP contribution in [0.15, 0.2) is 15.3 Å². The molecule has 0 spiro atoms. The largest absolute Gasteiger partial charge is 0.496 e. The van der Waals surface area contributed by atoms with Gasteiger partial charge in [-0.1, -0.05) is 13.8 Å². The van der Waals surface area contributed by atoms with E-state index in [9.17, 15) is 14.7 Å². The van der Waals surface area contributed by atoms with E-state index >= 15 is 0 Å². The van der Waals surface area contributed by atoms with Gasteiger partial charge in [0, 0.05) is 23.6 Å². The van der Waals surface area contributed by atoms with Crippen LogP contribution in [0, 0.1) is 12.8 Å². The molecule has 31 heavy (non-hydrogen) atoms. The Balaban J connectivity index is 1.96. The van der Waals surface area contributed by atoms with Crippen LogP contribution in [0.1, 0.15) is 57.2 Å². The van der Waals surface area contributed by atoms with Crippen molar-refractivity contribution in [1.82, 2.24) is 5.32 Å². The first kappa shape index (κ1) is 23.1. The van der Waals surface area contributed by atoms with Crippen LogP contribution < -0.4 is 20.4 Å². The molecule has 0 saturated heterocycles. The summed E-state index contributed by atoms with van der Waals surface area (Å²) in [6.07, 6.45) is 1.93. The van der Waals surface area contributed by atoms with Gasteiger partial charge in [-0.15, -0.1) is 0 Å². The standard InChI is InChI=1S/C24H33NO6/c1-13(2)17(12-26)25-20(27)8-7-15-14(3)21-19(29-6)11-18-16(22(21)30-23(15)28)9-10-24(4,5)31-18/h11,13,17,26H,7-10,12H2,1-6H3,(H,25,27). The zero-order chi connectivity index (χ0) is 22.9.